The van der Waals surface area contributed by atoms with Gasteiger partial charge in [0.05, 0.1) is 32.3 Å². The van der Waals surface area contributed by atoms with Gasteiger partial charge in [0.25, 0.3) is 5.91 Å². The van der Waals surface area contributed by atoms with Gasteiger partial charge < -0.3 is 9.64 Å². The first kappa shape index (κ1) is 23.4. The number of benzene rings is 2. The standard InChI is InChI=1S/C25H29N3O4S2/c1-17-14-28(15-18(2)32-17)34(30,31)21-11-9-19(10-12-21)25(29)27-13-5-6-20(16-27)24-26-22-7-3-4-8-23(22)33-24/h3-4,7-12,17-18,20H,5-6,13-16H2,1-2H3/t17-,18+,20-/m1/s1. The number of para-hydroxylation sites is 1. The third kappa shape index (κ3) is 4.62. The molecule has 0 N–H and O–H groups in total. The molecule has 180 valence electrons. The smallest absolute Gasteiger partial charge is 0.253 e. The zero-order valence-corrected chi connectivity index (χ0v) is 21.0. The van der Waals surface area contributed by atoms with E-state index in [1.807, 2.05) is 36.9 Å². The van der Waals surface area contributed by atoms with Gasteiger partial charge in [0.1, 0.15) is 0 Å². The summed E-state index contributed by atoms with van der Waals surface area (Å²) in [5.74, 6) is 0.156. The second kappa shape index (κ2) is 9.37. The van der Waals surface area contributed by atoms with Crippen molar-refractivity contribution in [2.45, 2.75) is 49.7 Å². The Morgan fingerprint density at radius 3 is 2.44 bits per heavy atom. The van der Waals surface area contributed by atoms with E-state index in [1.165, 1.54) is 9.01 Å². The minimum absolute atomic E-state index is 0.0663. The number of morpholine rings is 1. The van der Waals surface area contributed by atoms with Gasteiger partial charge in [0, 0.05) is 37.7 Å². The maximum absolute atomic E-state index is 13.2. The Labute approximate surface area is 204 Å². The topological polar surface area (TPSA) is 79.8 Å². The number of carbonyl (C=O) groups excluding carboxylic acids is 1. The van der Waals surface area contributed by atoms with Crippen molar-refractivity contribution in [3.8, 4) is 0 Å². The van der Waals surface area contributed by atoms with E-state index in [4.69, 9.17) is 9.72 Å². The van der Waals surface area contributed by atoms with Crippen LogP contribution < -0.4 is 0 Å². The predicted molar refractivity (Wildman–Crippen MR) is 133 cm³/mol. The summed E-state index contributed by atoms with van der Waals surface area (Å²) >= 11 is 1.70. The van der Waals surface area contributed by atoms with E-state index in [0.29, 0.717) is 31.7 Å². The number of likely N-dealkylation sites (tertiary alicyclic amines) is 1. The highest BCUT2D eigenvalue weighted by molar-refractivity contribution is 7.89. The highest BCUT2D eigenvalue weighted by Gasteiger charge is 2.33. The van der Waals surface area contributed by atoms with Crippen LogP contribution >= 0.6 is 11.3 Å². The fourth-order valence-electron chi connectivity index (χ4n) is 4.86. The summed E-state index contributed by atoms with van der Waals surface area (Å²) in [5, 5.41) is 1.08. The number of rotatable bonds is 4. The molecule has 3 atom stereocenters. The molecule has 0 radical (unpaired) electrons. The minimum Gasteiger partial charge on any atom is -0.373 e. The average Bonchev–Trinajstić information content (AvgIpc) is 3.28. The van der Waals surface area contributed by atoms with Crippen LogP contribution in [0.3, 0.4) is 0 Å². The lowest BCUT2D eigenvalue weighted by atomic mass is 9.98. The van der Waals surface area contributed by atoms with Gasteiger partial charge in [-0.05, 0) is 63.1 Å². The van der Waals surface area contributed by atoms with Gasteiger partial charge in [-0.2, -0.15) is 4.31 Å². The van der Waals surface area contributed by atoms with Crippen molar-refractivity contribution in [3.63, 3.8) is 0 Å². The Morgan fingerprint density at radius 1 is 1.03 bits per heavy atom. The summed E-state index contributed by atoms with van der Waals surface area (Å²) in [6.45, 7) is 5.73. The molecule has 34 heavy (non-hydrogen) atoms. The van der Waals surface area contributed by atoms with Gasteiger partial charge >= 0.3 is 0 Å². The normalized spacial score (nSPS) is 24.4. The molecule has 2 aliphatic heterocycles. The van der Waals surface area contributed by atoms with E-state index < -0.39 is 10.0 Å². The van der Waals surface area contributed by atoms with Crippen molar-refractivity contribution < 1.29 is 17.9 Å². The Kier molecular flexibility index (Phi) is 6.45. The van der Waals surface area contributed by atoms with Crippen molar-refractivity contribution in [1.82, 2.24) is 14.2 Å². The molecule has 1 amide bonds. The number of amides is 1. The number of hydrogen-bond acceptors (Lipinski definition) is 6. The van der Waals surface area contributed by atoms with Gasteiger partial charge in [-0.15, -0.1) is 11.3 Å². The number of piperidine rings is 1. The number of sulfonamides is 1. The molecule has 3 heterocycles. The Morgan fingerprint density at radius 2 is 1.74 bits per heavy atom. The lowest BCUT2D eigenvalue weighted by molar-refractivity contribution is -0.0440. The lowest BCUT2D eigenvalue weighted by Gasteiger charge is -2.34. The van der Waals surface area contributed by atoms with E-state index in [2.05, 4.69) is 6.07 Å². The summed E-state index contributed by atoms with van der Waals surface area (Å²) in [6, 6.07) is 14.5. The average molecular weight is 500 g/mol. The van der Waals surface area contributed by atoms with Crippen LogP contribution in [0.1, 0.15) is 48.0 Å². The van der Waals surface area contributed by atoms with Crippen molar-refractivity contribution in [1.29, 1.82) is 0 Å². The SMILES string of the molecule is C[C@@H]1CN(S(=O)(=O)c2ccc(C(=O)N3CCC[C@@H](c4nc5ccccc5s4)C3)cc2)C[C@H](C)O1. The van der Waals surface area contributed by atoms with Gasteiger partial charge in [0.15, 0.2) is 0 Å². The fourth-order valence-corrected chi connectivity index (χ4v) is 7.54. The molecule has 1 aromatic heterocycles. The van der Waals surface area contributed by atoms with E-state index in [9.17, 15) is 13.2 Å². The molecule has 3 aromatic rings. The van der Waals surface area contributed by atoms with E-state index in [-0.39, 0.29) is 28.9 Å². The molecular weight excluding hydrogens is 470 g/mol. The van der Waals surface area contributed by atoms with Crippen molar-refractivity contribution in [2.24, 2.45) is 0 Å². The zero-order chi connectivity index (χ0) is 23.9. The quantitative estimate of drug-likeness (QED) is 0.540. The highest BCUT2D eigenvalue weighted by atomic mass is 32.2. The number of hydrogen-bond donors (Lipinski definition) is 0. The molecule has 5 rings (SSSR count). The van der Waals surface area contributed by atoms with Gasteiger partial charge in [0.2, 0.25) is 10.0 Å². The molecule has 2 saturated heterocycles. The predicted octanol–water partition coefficient (Wildman–Crippen LogP) is 4.11. The fraction of sp³-hybridized carbons (Fsp3) is 0.440. The maximum atomic E-state index is 13.2. The molecular formula is C25H29N3O4S2. The number of carbonyl (C=O) groups is 1. The summed E-state index contributed by atoms with van der Waals surface area (Å²) in [7, 11) is -3.63. The number of thiazole rings is 1. The molecule has 7 nitrogen and oxygen atoms in total. The van der Waals surface area contributed by atoms with Gasteiger partial charge in [-0.3, -0.25) is 4.79 Å². The number of nitrogens with zero attached hydrogens (tertiary/aromatic N) is 3. The Bertz CT molecular complexity index is 1250. The Hall–Kier alpha value is -2.33. The van der Waals surface area contributed by atoms with Crippen molar-refractivity contribution in [2.75, 3.05) is 26.2 Å². The second-order valence-corrected chi connectivity index (χ2v) is 12.2. The third-order valence-corrected chi connectivity index (χ3v) is 9.54. The van der Waals surface area contributed by atoms with Crippen LogP contribution in [0.5, 0.6) is 0 Å². The van der Waals surface area contributed by atoms with E-state index in [1.54, 1.807) is 35.6 Å². The number of fused-ring (bicyclic) bond motifs is 1. The van der Waals surface area contributed by atoms with Crippen molar-refractivity contribution in [3.05, 3.63) is 59.1 Å². The van der Waals surface area contributed by atoms with E-state index >= 15 is 0 Å². The van der Waals surface area contributed by atoms with Crippen LogP contribution in [-0.2, 0) is 14.8 Å². The maximum Gasteiger partial charge on any atom is 0.253 e. The van der Waals surface area contributed by atoms with Crippen LogP contribution in [0.25, 0.3) is 10.2 Å². The minimum atomic E-state index is -3.63. The van der Waals surface area contributed by atoms with Crippen LogP contribution in [0, 0.1) is 0 Å². The molecule has 0 unspecified atom stereocenters. The highest BCUT2D eigenvalue weighted by Crippen LogP contribution is 2.33. The van der Waals surface area contributed by atoms with Gasteiger partial charge in [-0.1, -0.05) is 12.1 Å². The van der Waals surface area contributed by atoms with Gasteiger partial charge in [-0.25, -0.2) is 13.4 Å². The summed E-state index contributed by atoms with van der Waals surface area (Å²) < 4.78 is 34.5. The lowest BCUT2D eigenvalue weighted by Crippen LogP contribution is -2.48. The molecule has 9 heteroatoms. The van der Waals surface area contributed by atoms with E-state index in [0.717, 1.165) is 23.4 Å². The Balaban J connectivity index is 1.30. The molecule has 0 spiro atoms. The van der Waals surface area contributed by atoms with Crippen LogP contribution in [-0.4, -0.2) is 66.9 Å². The third-order valence-electron chi connectivity index (χ3n) is 6.49. The first-order valence-electron chi connectivity index (χ1n) is 11.7. The molecule has 2 aromatic carbocycles. The summed E-state index contributed by atoms with van der Waals surface area (Å²) in [5.41, 5.74) is 1.51. The van der Waals surface area contributed by atoms with Crippen LogP contribution in [0.15, 0.2) is 53.4 Å². The molecule has 0 aliphatic carbocycles. The summed E-state index contributed by atoms with van der Waals surface area (Å²) in [4.78, 5) is 20.1. The van der Waals surface area contributed by atoms with Crippen LogP contribution in [0.4, 0.5) is 0 Å². The molecule has 2 fully saturated rings. The second-order valence-electron chi connectivity index (χ2n) is 9.21. The van der Waals surface area contributed by atoms with Crippen molar-refractivity contribution >= 4 is 37.5 Å². The number of aromatic nitrogens is 1. The summed E-state index contributed by atoms with van der Waals surface area (Å²) in [6.07, 6.45) is 1.63. The molecule has 2 aliphatic rings. The largest absolute Gasteiger partial charge is 0.373 e. The molecule has 0 bridgehead atoms. The van der Waals surface area contributed by atoms with Crippen LogP contribution in [0.2, 0.25) is 0 Å². The first-order valence-corrected chi connectivity index (χ1v) is 14.0. The number of ether oxygens (including phenoxy) is 1. The zero-order valence-electron chi connectivity index (χ0n) is 19.4. The molecule has 0 saturated carbocycles. The first-order chi connectivity index (χ1) is 16.3. The monoisotopic (exact) mass is 499 g/mol.